The van der Waals surface area contributed by atoms with E-state index in [0.29, 0.717) is 0 Å². The van der Waals surface area contributed by atoms with Crippen LogP contribution in [0.4, 0.5) is 0 Å². The van der Waals surface area contributed by atoms with Gasteiger partial charge in [0.2, 0.25) is 0 Å². The minimum atomic E-state index is -1.06. The number of halogens is 1. The third-order valence-corrected chi connectivity index (χ3v) is 1.30. The van der Waals surface area contributed by atoms with E-state index < -0.39 is 10.8 Å². The minimum Gasteiger partial charge on any atom is -0.468 e. The average Bonchev–Trinajstić information content (AvgIpc) is 1.86. The molecule has 0 aromatic carbocycles. The molecule has 0 fully saturated rings. The van der Waals surface area contributed by atoms with Gasteiger partial charge in [-0.3, -0.25) is 4.79 Å². The third kappa shape index (κ3) is 2.20. The van der Waals surface area contributed by atoms with Crippen molar-refractivity contribution in [3.63, 3.8) is 0 Å². The fourth-order valence-electron chi connectivity index (χ4n) is 0.296. The Kier molecular flexibility index (Phi) is 2.94. The van der Waals surface area contributed by atoms with Crippen LogP contribution in [0.3, 0.4) is 0 Å². The number of alkyl halides is 1. The standard InChI is InChI=1S/C5H10ClNO2/c1-5(6,3-7)4(8)9-2/h3,7H2,1-2H3. The molecule has 1 unspecified atom stereocenters. The van der Waals surface area contributed by atoms with E-state index in [1.807, 2.05) is 0 Å². The van der Waals surface area contributed by atoms with E-state index in [0.717, 1.165) is 0 Å². The van der Waals surface area contributed by atoms with Gasteiger partial charge in [0.05, 0.1) is 7.11 Å². The fraction of sp³-hybridized carbons (Fsp3) is 0.800. The van der Waals surface area contributed by atoms with Gasteiger partial charge in [-0.2, -0.15) is 0 Å². The van der Waals surface area contributed by atoms with Crippen molar-refractivity contribution >= 4 is 17.6 Å². The van der Waals surface area contributed by atoms with E-state index in [2.05, 4.69) is 4.74 Å². The van der Waals surface area contributed by atoms with Crippen LogP contribution < -0.4 is 5.73 Å². The van der Waals surface area contributed by atoms with Crippen molar-refractivity contribution in [3.8, 4) is 0 Å². The molecule has 0 rings (SSSR count). The number of esters is 1. The first-order valence-corrected chi connectivity index (χ1v) is 2.90. The van der Waals surface area contributed by atoms with Gasteiger partial charge in [-0.1, -0.05) is 0 Å². The molecular formula is C5H10ClNO2. The Morgan fingerprint density at radius 2 is 2.33 bits per heavy atom. The van der Waals surface area contributed by atoms with Gasteiger partial charge in [-0.05, 0) is 6.92 Å². The van der Waals surface area contributed by atoms with Gasteiger partial charge < -0.3 is 10.5 Å². The summed E-state index contributed by atoms with van der Waals surface area (Å²) in [7, 11) is 1.28. The predicted octanol–water partition coefficient (Wildman–Crippen LogP) is 0.116. The molecule has 0 heterocycles. The van der Waals surface area contributed by atoms with Crippen LogP contribution in [0.15, 0.2) is 0 Å². The Hall–Kier alpha value is -0.280. The Morgan fingerprint density at radius 3 is 2.44 bits per heavy atom. The Bertz CT molecular complexity index is 114. The van der Waals surface area contributed by atoms with E-state index in [1.54, 1.807) is 0 Å². The topological polar surface area (TPSA) is 52.3 Å². The normalized spacial score (nSPS) is 16.4. The number of hydrogen-bond acceptors (Lipinski definition) is 3. The number of carbonyl (C=O) groups is 1. The van der Waals surface area contributed by atoms with Crippen molar-refractivity contribution in [1.29, 1.82) is 0 Å². The molecule has 3 nitrogen and oxygen atoms in total. The molecule has 0 aromatic heterocycles. The van der Waals surface area contributed by atoms with E-state index in [-0.39, 0.29) is 6.54 Å². The third-order valence-electron chi connectivity index (χ3n) is 0.994. The minimum absolute atomic E-state index is 0.0846. The Balaban J connectivity index is 3.97. The molecule has 0 saturated carbocycles. The molecule has 0 aliphatic carbocycles. The highest BCUT2D eigenvalue weighted by Gasteiger charge is 2.29. The van der Waals surface area contributed by atoms with Crippen LogP contribution in [0.25, 0.3) is 0 Å². The summed E-state index contributed by atoms with van der Waals surface area (Å²) in [5.41, 5.74) is 5.15. The number of carbonyl (C=O) groups excluding carboxylic acids is 1. The first-order chi connectivity index (χ1) is 4.04. The lowest BCUT2D eigenvalue weighted by Crippen LogP contribution is -2.37. The molecule has 54 valence electrons. The molecule has 0 aliphatic rings. The van der Waals surface area contributed by atoms with E-state index >= 15 is 0 Å². The zero-order chi connectivity index (χ0) is 7.49. The maximum atomic E-state index is 10.6. The van der Waals surface area contributed by atoms with Crippen molar-refractivity contribution in [1.82, 2.24) is 0 Å². The lowest BCUT2D eigenvalue weighted by Gasteiger charge is -2.15. The van der Waals surface area contributed by atoms with Gasteiger partial charge in [-0.15, -0.1) is 11.6 Å². The summed E-state index contributed by atoms with van der Waals surface area (Å²) in [4.78, 5) is 9.57. The van der Waals surface area contributed by atoms with Crippen LogP contribution in [0, 0.1) is 0 Å². The molecule has 0 bridgehead atoms. The van der Waals surface area contributed by atoms with Crippen molar-refractivity contribution in [2.24, 2.45) is 5.73 Å². The molecule has 2 N–H and O–H groups in total. The van der Waals surface area contributed by atoms with E-state index in [1.165, 1.54) is 14.0 Å². The molecule has 4 heteroatoms. The van der Waals surface area contributed by atoms with Gasteiger partial charge in [0, 0.05) is 6.54 Å². The summed E-state index contributed by atoms with van der Waals surface area (Å²) in [6, 6.07) is 0. The second-order valence-electron chi connectivity index (χ2n) is 1.89. The number of rotatable bonds is 2. The zero-order valence-electron chi connectivity index (χ0n) is 5.48. The molecule has 0 radical (unpaired) electrons. The zero-order valence-corrected chi connectivity index (χ0v) is 6.23. The summed E-state index contributed by atoms with van der Waals surface area (Å²) < 4.78 is 4.36. The monoisotopic (exact) mass is 151 g/mol. The number of nitrogens with two attached hydrogens (primary N) is 1. The predicted molar refractivity (Wildman–Crippen MR) is 35.3 cm³/mol. The SMILES string of the molecule is COC(=O)C(C)(Cl)CN. The van der Waals surface area contributed by atoms with Crippen molar-refractivity contribution in [3.05, 3.63) is 0 Å². The first kappa shape index (κ1) is 8.72. The van der Waals surface area contributed by atoms with Crippen molar-refractivity contribution < 1.29 is 9.53 Å². The molecule has 0 spiro atoms. The van der Waals surface area contributed by atoms with Gasteiger partial charge in [0.25, 0.3) is 0 Å². The van der Waals surface area contributed by atoms with Gasteiger partial charge in [-0.25, -0.2) is 0 Å². The van der Waals surface area contributed by atoms with Crippen LogP contribution in [-0.4, -0.2) is 24.5 Å². The van der Waals surface area contributed by atoms with Gasteiger partial charge >= 0.3 is 5.97 Å². The highest BCUT2D eigenvalue weighted by Crippen LogP contribution is 2.12. The molecule has 0 aliphatic heterocycles. The second-order valence-corrected chi connectivity index (χ2v) is 2.73. The Labute approximate surface area is 59.1 Å². The summed E-state index contributed by atoms with van der Waals surface area (Å²) in [5, 5.41) is 0. The molecule has 0 aromatic rings. The first-order valence-electron chi connectivity index (χ1n) is 2.52. The average molecular weight is 152 g/mol. The smallest absolute Gasteiger partial charge is 0.327 e. The summed E-state index contributed by atoms with van der Waals surface area (Å²) >= 11 is 5.57. The molecule has 9 heavy (non-hydrogen) atoms. The Morgan fingerprint density at radius 1 is 1.89 bits per heavy atom. The van der Waals surface area contributed by atoms with Crippen molar-refractivity contribution in [2.75, 3.05) is 13.7 Å². The lowest BCUT2D eigenvalue weighted by atomic mass is 10.2. The van der Waals surface area contributed by atoms with Crippen LogP contribution in [0.1, 0.15) is 6.92 Å². The maximum absolute atomic E-state index is 10.6. The van der Waals surface area contributed by atoms with E-state index in [9.17, 15) is 4.79 Å². The lowest BCUT2D eigenvalue weighted by molar-refractivity contribution is -0.143. The van der Waals surface area contributed by atoms with Crippen LogP contribution in [0.2, 0.25) is 0 Å². The number of methoxy groups -OCH3 is 1. The molecule has 0 amide bonds. The highest BCUT2D eigenvalue weighted by atomic mass is 35.5. The van der Waals surface area contributed by atoms with Crippen molar-refractivity contribution in [2.45, 2.75) is 11.8 Å². The molecule has 0 saturated heterocycles. The number of ether oxygens (including phenoxy) is 1. The largest absolute Gasteiger partial charge is 0.468 e. The van der Waals surface area contributed by atoms with Crippen LogP contribution in [0.5, 0.6) is 0 Å². The summed E-state index contributed by atoms with van der Waals surface area (Å²) in [5.74, 6) is -0.494. The second kappa shape index (κ2) is 3.03. The summed E-state index contributed by atoms with van der Waals surface area (Å²) in [6.45, 7) is 1.60. The maximum Gasteiger partial charge on any atom is 0.327 e. The fourth-order valence-corrected chi connectivity index (χ4v) is 0.373. The molecular weight excluding hydrogens is 142 g/mol. The quantitative estimate of drug-likeness (QED) is 0.451. The van der Waals surface area contributed by atoms with Crippen LogP contribution >= 0.6 is 11.6 Å². The van der Waals surface area contributed by atoms with E-state index in [4.69, 9.17) is 17.3 Å². The van der Waals surface area contributed by atoms with Gasteiger partial charge in [0.15, 0.2) is 4.87 Å². The van der Waals surface area contributed by atoms with Gasteiger partial charge in [0.1, 0.15) is 0 Å². The number of hydrogen-bond donors (Lipinski definition) is 1. The highest BCUT2D eigenvalue weighted by molar-refractivity contribution is 6.33. The molecule has 1 atom stereocenters. The summed E-state index contributed by atoms with van der Waals surface area (Å²) in [6.07, 6.45) is 0. The van der Waals surface area contributed by atoms with Crippen LogP contribution in [-0.2, 0) is 9.53 Å².